The molecule has 4 rings (SSSR count). The van der Waals surface area contributed by atoms with Crippen molar-refractivity contribution in [3.63, 3.8) is 0 Å². The van der Waals surface area contributed by atoms with Gasteiger partial charge >= 0.3 is 12.1 Å². The van der Waals surface area contributed by atoms with Crippen LogP contribution < -0.4 is 5.01 Å². The number of hydrazone groups is 1. The fraction of sp³-hybridized carbons (Fsp3) is 0.259. The van der Waals surface area contributed by atoms with E-state index in [1.807, 2.05) is 13.0 Å². The summed E-state index contributed by atoms with van der Waals surface area (Å²) in [5.74, 6) is -2.62. The third-order valence-corrected chi connectivity index (χ3v) is 6.65. The van der Waals surface area contributed by atoms with Gasteiger partial charge in [0.2, 0.25) is 0 Å². The molecule has 0 radical (unpaired) electrons. The van der Waals surface area contributed by atoms with Gasteiger partial charge < -0.3 is 5.11 Å². The van der Waals surface area contributed by atoms with E-state index in [0.717, 1.165) is 21.7 Å². The summed E-state index contributed by atoms with van der Waals surface area (Å²) in [5.41, 5.74) is 3.07. The molecule has 0 aromatic heterocycles. The highest BCUT2D eigenvalue weighted by Crippen LogP contribution is 2.37. The number of carboxylic acids is 1. The summed E-state index contributed by atoms with van der Waals surface area (Å²) in [6.07, 6.45) is -4.67. The monoisotopic (exact) mass is 518 g/mol. The van der Waals surface area contributed by atoms with Gasteiger partial charge in [0.25, 0.3) is 0 Å². The number of hydrogen-bond acceptors (Lipinski definition) is 3. The fourth-order valence-corrected chi connectivity index (χ4v) is 4.63. The first kappa shape index (κ1) is 25.7. The Bertz CT molecular complexity index is 1320. The van der Waals surface area contributed by atoms with Gasteiger partial charge in [0.15, 0.2) is 0 Å². The largest absolute Gasteiger partial charge is 0.481 e. The van der Waals surface area contributed by atoms with Crippen LogP contribution in [0.1, 0.15) is 30.0 Å². The van der Waals surface area contributed by atoms with E-state index in [1.54, 1.807) is 48.5 Å². The van der Waals surface area contributed by atoms with Gasteiger partial charge in [-0.15, -0.1) is 0 Å². The average molecular weight is 519 g/mol. The van der Waals surface area contributed by atoms with Crippen LogP contribution in [0, 0.1) is 18.7 Å². The fourth-order valence-electron chi connectivity index (χ4n) is 4.39. The molecule has 1 aliphatic rings. The van der Waals surface area contributed by atoms with Crippen molar-refractivity contribution in [1.82, 2.24) is 0 Å². The lowest BCUT2D eigenvalue weighted by molar-refractivity contribution is -0.137. The smallest absolute Gasteiger partial charge is 0.431 e. The van der Waals surface area contributed by atoms with Crippen molar-refractivity contribution >= 4 is 29.0 Å². The Morgan fingerprint density at radius 1 is 1.08 bits per heavy atom. The molecule has 0 bridgehead atoms. The first-order valence-electron chi connectivity index (χ1n) is 11.2. The molecule has 36 heavy (non-hydrogen) atoms. The molecule has 0 spiro atoms. The van der Waals surface area contributed by atoms with Crippen molar-refractivity contribution in [2.45, 2.75) is 38.9 Å². The van der Waals surface area contributed by atoms with Crippen LogP contribution in [0.5, 0.6) is 0 Å². The zero-order chi connectivity index (χ0) is 26.2. The van der Waals surface area contributed by atoms with Gasteiger partial charge in [-0.25, -0.2) is 4.39 Å². The van der Waals surface area contributed by atoms with Crippen LogP contribution in [0.4, 0.5) is 23.2 Å². The molecule has 2 unspecified atom stereocenters. The van der Waals surface area contributed by atoms with Crippen molar-refractivity contribution < 1.29 is 27.5 Å². The van der Waals surface area contributed by atoms with Crippen molar-refractivity contribution in [3.05, 3.63) is 88.2 Å². The maximum Gasteiger partial charge on any atom is 0.431 e. The summed E-state index contributed by atoms with van der Waals surface area (Å²) >= 11 is 6.49. The minimum Gasteiger partial charge on any atom is -0.481 e. The van der Waals surface area contributed by atoms with Crippen molar-refractivity contribution in [3.8, 4) is 11.1 Å². The van der Waals surface area contributed by atoms with Gasteiger partial charge in [-0.1, -0.05) is 54.4 Å². The average Bonchev–Trinajstić information content (AvgIpc) is 3.13. The predicted molar refractivity (Wildman–Crippen MR) is 132 cm³/mol. The molecule has 0 fully saturated rings. The van der Waals surface area contributed by atoms with Crippen molar-refractivity contribution in [1.29, 1.82) is 0 Å². The number of aryl methyl sites for hydroxylation is 1. The molecule has 188 valence electrons. The van der Waals surface area contributed by atoms with Crippen LogP contribution in [-0.4, -0.2) is 29.0 Å². The quantitative estimate of drug-likeness (QED) is 0.349. The standard InChI is InChI=1S/C27H23ClF4N2O2/c1-15-3-10-23(29)21(11-15)18-6-7-19(22(28)13-18)12-17-4-8-20(9-5-17)34-24(14-25(35)36)16(2)26(33-34)27(30,31)32/h3-11,13,16,24H,12,14H2,1-2H3,(H,35,36). The SMILES string of the molecule is Cc1ccc(F)c(-c2ccc(Cc3ccc(N4N=C(C(F)(F)F)C(C)C4CC(=O)O)cc3)c(Cl)c2)c1. The van der Waals surface area contributed by atoms with E-state index in [2.05, 4.69) is 5.10 Å². The molecule has 9 heteroatoms. The summed E-state index contributed by atoms with van der Waals surface area (Å²) in [6.45, 7) is 3.22. The second-order valence-corrected chi connectivity index (χ2v) is 9.32. The number of carboxylic acid groups (broad SMARTS) is 1. The van der Waals surface area contributed by atoms with Crippen LogP contribution >= 0.6 is 11.6 Å². The Kier molecular flexibility index (Phi) is 7.09. The highest BCUT2D eigenvalue weighted by Gasteiger charge is 2.48. The molecule has 0 saturated heterocycles. The Morgan fingerprint density at radius 2 is 1.78 bits per heavy atom. The number of nitrogens with zero attached hydrogens (tertiary/aromatic N) is 2. The molecular weight excluding hydrogens is 496 g/mol. The van der Waals surface area contributed by atoms with Crippen LogP contribution in [0.15, 0.2) is 65.8 Å². The van der Waals surface area contributed by atoms with Gasteiger partial charge in [-0.05, 0) is 60.4 Å². The summed E-state index contributed by atoms with van der Waals surface area (Å²) in [4.78, 5) is 11.3. The third-order valence-electron chi connectivity index (χ3n) is 6.29. The first-order chi connectivity index (χ1) is 16.9. The highest BCUT2D eigenvalue weighted by molar-refractivity contribution is 6.31. The van der Waals surface area contributed by atoms with Gasteiger partial charge in [0, 0.05) is 16.5 Å². The maximum absolute atomic E-state index is 14.3. The number of benzene rings is 3. The van der Waals surface area contributed by atoms with Crippen LogP contribution in [0.25, 0.3) is 11.1 Å². The molecule has 1 N–H and O–H groups in total. The second kappa shape index (κ2) is 9.93. The molecular formula is C27H23ClF4N2O2. The minimum absolute atomic E-state index is 0.339. The van der Waals surface area contributed by atoms with Crippen molar-refractivity contribution in [2.75, 3.05) is 5.01 Å². The maximum atomic E-state index is 14.3. The topological polar surface area (TPSA) is 52.9 Å². The molecule has 0 amide bonds. The summed E-state index contributed by atoms with van der Waals surface area (Å²) < 4.78 is 54.4. The van der Waals surface area contributed by atoms with E-state index in [9.17, 15) is 27.5 Å². The zero-order valence-corrected chi connectivity index (χ0v) is 20.2. The number of anilines is 1. The third kappa shape index (κ3) is 5.38. The minimum atomic E-state index is -4.64. The lowest BCUT2D eigenvalue weighted by atomic mass is 9.94. The van der Waals surface area contributed by atoms with E-state index >= 15 is 0 Å². The van der Waals surface area contributed by atoms with Crippen molar-refractivity contribution in [2.24, 2.45) is 11.0 Å². The Hall–Kier alpha value is -3.39. The predicted octanol–water partition coefficient (Wildman–Crippen LogP) is 7.26. The molecule has 0 saturated carbocycles. The van der Waals surface area contributed by atoms with Gasteiger partial charge in [0.1, 0.15) is 11.5 Å². The Balaban J connectivity index is 1.56. The molecule has 2 atom stereocenters. The highest BCUT2D eigenvalue weighted by atomic mass is 35.5. The van der Waals surface area contributed by atoms with Crippen LogP contribution in [-0.2, 0) is 11.2 Å². The molecule has 0 aliphatic carbocycles. The van der Waals surface area contributed by atoms with Gasteiger partial charge in [0.05, 0.1) is 18.2 Å². The summed E-state index contributed by atoms with van der Waals surface area (Å²) in [7, 11) is 0. The molecule has 4 nitrogen and oxygen atoms in total. The van der Waals surface area contributed by atoms with E-state index in [0.29, 0.717) is 28.3 Å². The Morgan fingerprint density at radius 3 is 2.39 bits per heavy atom. The number of hydrogen-bond donors (Lipinski definition) is 1. The summed E-state index contributed by atoms with van der Waals surface area (Å²) in [6, 6.07) is 15.9. The molecule has 1 heterocycles. The van der Waals surface area contributed by atoms with Gasteiger partial charge in [-0.2, -0.15) is 18.3 Å². The number of aliphatic carboxylic acids is 1. The first-order valence-corrected chi connectivity index (χ1v) is 11.6. The number of rotatable bonds is 6. The van der Waals surface area contributed by atoms with Gasteiger partial charge in [-0.3, -0.25) is 9.80 Å². The number of alkyl halides is 3. The lowest BCUT2D eigenvalue weighted by Gasteiger charge is -2.25. The van der Waals surface area contributed by atoms with E-state index in [-0.39, 0.29) is 5.82 Å². The zero-order valence-electron chi connectivity index (χ0n) is 19.5. The second-order valence-electron chi connectivity index (χ2n) is 8.91. The number of carbonyl (C=O) groups is 1. The van der Waals surface area contributed by atoms with Crippen LogP contribution in [0.2, 0.25) is 5.02 Å². The Labute approximate surface area is 210 Å². The van der Waals surface area contributed by atoms with E-state index in [4.69, 9.17) is 11.6 Å². The normalized spacial score (nSPS) is 17.9. The van der Waals surface area contributed by atoms with E-state index in [1.165, 1.54) is 13.0 Å². The molecule has 3 aromatic carbocycles. The molecule has 1 aliphatic heterocycles. The number of halogens is 5. The van der Waals surface area contributed by atoms with Crippen LogP contribution in [0.3, 0.4) is 0 Å². The lowest BCUT2D eigenvalue weighted by Crippen LogP contribution is -2.36. The van der Waals surface area contributed by atoms with E-state index < -0.39 is 36.2 Å². The summed E-state index contributed by atoms with van der Waals surface area (Å²) in [5, 5.41) is 14.5. The molecule has 3 aromatic rings.